The van der Waals surface area contributed by atoms with Gasteiger partial charge in [0.05, 0.1) is 12.2 Å². The van der Waals surface area contributed by atoms with Gasteiger partial charge in [-0.1, -0.05) is 35.5 Å². The van der Waals surface area contributed by atoms with Gasteiger partial charge >= 0.3 is 0 Å². The van der Waals surface area contributed by atoms with E-state index in [0.29, 0.717) is 31.0 Å². The van der Waals surface area contributed by atoms with Crippen molar-refractivity contribution in [2.75, 3.05) is 6.54 Å². The maximum Gasteiger partial charge on any atom is 0.248 e. The van der Waals surface area contributed by atoms with E-state index in [9.17, 15) is 8.42 Å². The largest absolute Gasteiger partial charge is 0.360 e. The fraction of sp³-hybridized carbons (Fsp3) is 0.294. The van der Waals surface area contributed by atoms with Crippen LogP contribution in [0.1, 0.15) is 22.0 Å². The number of rotatable bonds is 3. The second kappa shape index (κ2) is 6.05. The predicted octanol–water partition coefficient (Wildman–Crippen LogP) is 3.16. The summed E-state index contributed by atoms with van der Waals surface area (Å²) in [4.78, 5) is 5.89. The first-order valence-electron chi connectivity index (χ1n) is 7.94. The summed E-state index contributed by atoms with van der Waals surface area (Å²) in [5.41, 5.74) is 2.45. The standard InChI is InChI=1S/C17H17N3O3S2/c1-11-16(12(2)23-19-11)25(21,22)20-9-8-14-15(10-20)24-17(18-14)13-6-4-3-5-7-13/h3-7H,8-10H2,1-2H3. The van der Waals surface area contributed by atoms with Gasteiger partial charge in [0.1, 0.15) is 15.6 Å². The van der Waals surface area contributed by atoms with Crippen LogP contribution in [0.15, 0.2) is 39.8 Å². The number of aryl methyl sites for hydroxylation is 2. The lowest BCUT2D eigenvalue weighted by molar-refractivity contribution is 0.382. The summed E-state index contributed by atoms with van der Waals surface area (Å²) in [5.74, 6) is 0.331. The Morgan fingerprint density at radius 1 is 1.20 bits per heavy atom. The average molecular weight is 375 g/mol. The van der Waals surface area contributed by atoms with Gasteiger partial charge in [0.25, 0.3) is 0 Å². The second-order valence-electron chi connectivity index (χ2n) is 6.00. The first-order valence-corrected chi connectivity index (χ1v) is 10.2. The zero-order chi connectivity index (χ0) is 17.6. The molecule has 25 heavy (non-hydrogen) atoms. The molecule has 1 aliphatic rings. The third-order valence-corrected chi connectivity index (χ3v) is 7.50. The van der Waals surface area contributed by atoms with Crippen LogP contribution >= 0.6 is 11.3 Å². The van der Waals surface area contributed by atoms with Gasteiger partial charge in [0.2, 0.25) is 10.0 Å². The molecule has 4 rings (SSSR count). The Labute approximate surface area is 150 Å². The molecule has 0 amide bonds. The highest BCUT2D eigenvalue weighted by Crippen LogP contribution is 2.34. The molecule has 0 saturated carbocycles. The summed E-state index contributed by atoms with van der Waals surface area (Å²) < 4.78 is 32.5. The molecule has 130 valence electrons. The lowest BCUT2D eigenvalue weighted by Gasteiger charge is -2.25. The quantitative estimate of drug-likeness (QED) is 0.703. The van der Waals surface area contributed by atoms with Crippen molar-refractivity contribution in [1.82, 2.24) is 14.4 Å². The maximum absolute atomic E-state index is 13.0. The molecular formula is C17H17N3O3S2. The lowest BCUT2D eigenvalue weighted by Crippen LogP contribution is -2.36. The molecule has 0 N–H and O–H groups in total. The number of benzene rings is 1. The van der Waals surface area contributed by atoms with Crippen LogP contribution in [0.25, 0.3) is 10.6 Å². The first-order chi connectivity index (χ1) is 12.0. The van der Waals surface area contributed by atoms with E-state index >= 15 is 0 Å². The van der Waals surface area contributed by atoms with E-state index in [1.165, 1.54) is 4.31 Å². The normalized spacial score (nSPS) is 15.3. The van der Waals surface area contributed by atoms with Crippen LogP contribution < -0.4 is 0 Å². The van der Waals surface area contributed by atoms with Gasteiger partial charge in [-0.3, -0.25) is 0 Å². The Bertz CT molecular complexity index is 1000. The fourth-order valence-corrected chi connectivity index (χ4v) is 5.96. The van der Waals surface area contributed by atoms with Crippen molar-refractivity contribution in [2.45, 2.75) is 31.7 Å². The number of fused-ring (bicyclic) bond motifs is 1. The fourth-order valence-electron chi connectivity index (χ4n) is 3.05. The van der Waals surface area contributed by atoms with Crippen LogP contribution in [0.3, 0.4) is 0 Å². The van der Waals surface area contributed by atoms with Gasteiger partial charge in [-0.15, -0.1) is 11.3 Å². The molecule has 0 atom stereocenters. The zero-order valence-electron chi connectivity index (χ0n) is 13.9. The van der Waals surface area contributed by atoms with Gasteiger partial charge < -0.3 is 4.52 Å². The number of sulfonamides is 1. The van der Waals surface area contributed by atoms with E-state index in [1.54, 1.807) is 25.2 Å². The molecule has 3 heterocycles. The molecule has 0 spiro atoms. The van der Waals surface area contributed by atoms with Crippen LogP contribution in [-0.2, 0) is 23.0 Å². The average Bonchev–Trinajstić information content (AvgIpc) is 3.18. The molecule has 2 aromatic heterocycles. The highest BCUT2D eigenvalue weighted by atomic mass is 32.2. The van der Waals surface area contributed by atoms with Crippen LogP contribution in [-0.4, -0.2) is 29.4 Å². The summed E-state index contributed by atoms with van der Waals surface area (Å²) in [6, 6.07) is 9.95. The Morgan fingerprint density at radius 3 is 2.64 bits per heavy atom. The molecule has 6 nitrogen and oxygen atoms in total. The van der Waals surface area contributed by atoms with Crippen molar-refractivity contribution < 1.29 is 12.9 Å². The topological polar surface area (TPSA) is 76.3 Å². The summed E-state index contributed by atoms with van der Waals surface area (Å²) in [5, 5.41) is 4.71. The van der Waals surface area contributed by atoms with Crippen molar-refractivity contribution in [3.63, 3.8) is 0 Å². The smallest absolute Gasteiger partial charge is 0.248 e. The molecule has 0 fully saturated rings. The van der Waals surface area contributed by atoms with Crippen LogP contribution in [0.4, 0.5) is 0 Å². The Balaban J connectivity index is 1.67. The number of nitrogens with zero attached hydrogens (tertiary/aromatic N) is 3. The molecular weight excluding hydrogens is 358 g/mol. The Hall–Kier alpha value is -2.03. The number of hydrogen-bond acceptors (Lipinski definition) is 6. The lowest BCUT2D eigenvalue weighted by atomic mass is 10.2. The minimum absolute atomic E-state index is 0.184. The molecule has 1 aliphatic heterocycles. The summed E-state index contributed by atoms with van der Waals surface area (Å²) >= 11 is 1.56. The SMILES string of the molecule is Cc1noc(C)c1S(=O)(=O)N1CCc2nc(-c3ccccc3)sc2C1. The Morgan fingerprint density at radius 2 is 1.96 bits per heavy atom. The predicted molar refractivity (Wildman–Crippen MR) is 94.8 cm³/mol. The number of hydrogen-bond donors (Lipinski definition) is 0. The van der Waals surface area contributed by atoms with Crippen LogP contribution in [0, 0.1) is 13.8 Å². The highest BCUT2D eigenvalue weighted by molar-refractivity contribution is 7.89. The van der Waals surface area contributed by atoms with E-state index < -0.39 is 10.0 Å². The summed E-state index contributed by atoms with van der Waals surface area (Å²) in [7, 11) is -3.62. The molecule has 8 heteroatoms. The molecule has 0 unspecified atom stereocenters. The van der Waals surface area contributed by atoms with Crippen molar-refractivity contribution in [3.8, 4) is 10.6 Å². The number of thiazole rings is 1. The van der Waals surface area contributed by atoms with E-state index in [-0.39, 0.29) is 4.90 Å². The molecule has 1 aromatic carbocycles. The van der Waals surface area contributed by atoms with Gasteiger partial charge in [-0.25, -0.2) is 13.4 Å². The van der Waals surface area contributed by atoms with Crippen molar-refractivity contribution in [2.24, 2.45) is 0 Å². The van der Waals surface area contributed by atoms with Crippen LogP contribution in [0.5, 0.6) is 0 Å². The van der Waals surface area contributed by atoms with Gasteiger partial charge in [-0.05, 0) is 13.8 Å². The third kappa shape index (κ3) is 2.80. The van der Waals surface area contributed by atoms with Gasteiger partial charge in [-0.2, -0.15) is 4.31 Å². The third-order valence-electron chi connectivity index (χ3n) is 4.28. The van der Waals surface area contributed by atoms with Crippen LogP contribution in [0.2, 0.25) is 0 Å². The van der Waals surface area contributed by atoms with Gasteiger partial charge in [0.15, 0.2) is 5.76 Å². The van der Waals surface area contributed by atoms with E-state index in [0.717, 1.165) is 21.1 Å². The van der Waals surface area contributed by atoms with E-state index in [1.807, 2.05) is 30.3 Å². The molecule has 3 aromatic rings. The minimum atomic E-state index is -3.62. The summed E-state index contributed by atoms with van der Waals surface area (Å²) in [6.45, 7) is 4.03. The summed E-state index contributed by atoms with van der Waals surface area (Å²) in [6.07, 6.45) is 0.612. The maximum atomic E-state index is 13.0. The second-order valence-corrected chi connectivity index (χ2v) is 8.96. The molecule has 0 aliphatic carbocycles. The number of aromatic nitrogens is 2. The Kier molecular flexibility index (Phi) is 3.98. The van der Waals surface area contributed by atoms with Crippen molar-refractivity contribution in [1.29, 1.82) is 0 Å². The minimum Gasteiger partial charge on any atom is -0.360 e. The van der Waals surface area contributed by atoms with Crippen molar-refractivity contribution >= 4 is 21.4 Å². The molecule has 0 radical (unpaired) electrons. The highest BCUT2D eigenvalue weighted by Gasteiger charge is 2.34. The van der Waals surface area contributed by atoms with Gasteiger partial charge in [0, 0.05) is 23.4 Å². The molecule has 0 bridgehead atoms. The molecule has 0 saturated heterocycles. The monoisotopic (exact) mass is 375 g/mol. The van der Waals surface area contributed by atoms with E-state index in [2.05, 4.69) is 5.16 Å². The van der Waals surface area contributed by atoms with E-state index in [4.69, 9.17) is 9.51 Å². The van der Waals surface area contributed by atoms with Crippen molar-refractivity contribution in [3.05, 3.63) is 52.4 Å². The first kappa shape index (κ1) is 16.4. The zero-order valence-corrected chi connectivity index (χ0v) is 15.5.